The van der Waals surface area contributed by atoms with Crippen molar-refractivity contribution in [1.29, 1.82) is 0 Å². The second-order valence-electron chi connectivity index (χ2n) is 8.41. The minimum atomic E-state index is -0.175. The molecule has 4 aliphatic rings. The molecular weight excluding hydrogens is 328 g/mol. The maximum Gasteiger partial charge on any atom is 0.314 e. The SMILES string of the molecule is Cc1cc(C)c(C2=C(OC(=O)C3CC3)[C@H]3[C@@H](C2=O)[C@@H]2CC[C@H]3O2)c(C)c1. The molecule has 4 heteroatoms. The summed E-state index contributed by atoms with van der Waals surface area (Å²) in [5, 5.41) is 0. The summed E-state index contributed by atoms with van der Waals surface area (Å²) >= 11 is 0. The van der Waals surface area contributed by atoms with E-state index >= 15 is 0 Å². The molecule has 1 saturated carbocycles. The predicted molar refractivity (Wildman–Crippen MR) is 96.3 cm³/mol. The van der Waals surface area contributed by atoms with Gasteiger partial charge in [0.05, 0.1) is 35.5 Å². The van der Waals surface area contributed by atoms with Crippen molar-refractivity contribution in [3.05, 3.63) is 40.1 Å². The third-order valence-electron chi connectivity index (χ3n) is 6.42. The van der Waals surface area contributed by atoms with Gasteiger partial charge in [-0.05, 0) is 63.1 Å². The van der Waals surface area contributed by atoms with Crippen molar-refractivity contribution in [2.75, 3.05) is 0 Å². The van der Waals surface area contributed by atoms with Crippen molar-refractivity contribution in [2.24, 2.45) is 17.8 Å². The lowest BCUT2D eigenvalue weighted by molar-refractivity contribution is -0.142. The first kappa shape index (κ1) is 16.2. The number of hydrogen-bond donors (Lipinski definition) is 0. The fourth-order valence-corrected chi connectivity index (χ4v) is 5.25. The molecule has 2 heterocycles. The average molecular weight is 352 g/mol. The predicted octanol–water partition coefficient (Wildman–Crippen LogP) is 3.65. The highest BCUT2D eigenvalue weighted by Gasteiger charge is 2.60. The van der Waals surface area contributed by atoms with Crippen LogP contribution in [0.4, 0.5) is 0 Å². The van der Waals surface area contributed by atoms with Crippen LogP contribution in [-0.2, 0) is 19.1 Å². The standard InChI is InChI=1S/C22H24O4/c1-10-8-11(2)16(12(3)9-10)19-20(23)17-14-6-7-15(25-14)18(17)21(19)26-22(24)13-4-5-13/h8-9,13-15,17-18H,4-7H2,1-3H3/t14-,15+,17-,18+/m0/s1. The summed E-state index contributed by atoms with van der Waals surface area (Å²) in [5.41, 5.74) is 4.91. The Morgan fingerprint density at radius 2 is 1.62 bits per heavy atom. The van der Waals surface area contributed by atoms with Crippen molar-refractivity contribution in [3.8, 4) is 0 Å². The second-order valence-corrected chi connectivity index (χ2v) is 8.41. The normalized spacial score (nSPS) is 32.3. The van der Waals surface area contributed by atoms with E-state index in [1.165, 1.54) is 5.56 Å². The number of ether oxygens (including phenoxy) is 2. The number of aryl methyl sites for hydroxylation is 3. The second kappa shape index (κ2) is 5.53. The smallest absolute Gasteiger partial charge is 0.314 e. The van der Waals surface area contributed by atoms with E-state index in [0.717, 1.165) is 42.4 Å². The lowest BCUT2D eigenvalue weighted by Crippen LogP contribution is -2.30. The zero-order valence-corrected chi connectivity index (χ0v) is 15.5. The lowest BCUT2D eigenvalue weighted by Gasteiger charge is -2.21. The number of hydrogen-bond acceptors (Lipinski definition) is 4. The van der Waals surface area contributed by atoms with E-state index in [1.54, 1.807) is 0 Å². The monoisotopic (exact) mass is 352 g/mol. The summed E-state index contributed by atoms with van der Waals surface area (Å²) in [6, 6.07) is 4.20. The van der Waals surface area contributed by atoms with Gasteiger partial charge < -0.3 is 9.47 Å². The van der Waals surface area contributed by atoms with Gasteiger partial charge in [-0.1, -0.05) is 17.7 Å². The van der Waals surface area contributed by atoms with Gasteiger partial charge in [-0.3, -0.25) is 9.59 Å². The number of rotatable bonds is 3. The molecule has 0 N–H and O–H groups in total. The van der Waals surface area contributed by atoms with Crippen LogP contribution in [0.25, 0.3) is 5.57 Å². The molecule has 2 aliphatic carbocycles. The van der Waals surface area contributed by atoms with Gasteiger partial charge in [-0.25, -0.2) is 0 Å². The van der Waals surface area contributed by atoms with Crippen molar-refractivity contribution >= 4 is 17.3 Å². The maximum absolute atomic E-state index is 13.4. The van der Waals surface area contributed by atoms with Gasteiger partial charge in [-0.2, -0.15) is 0 Å². The summed E-state index contributed by atoms with van der Waals surface area (Å²) in [6.45, 7) is 6.13. The van der Waals surface area contributed by atoms with Gasteiger partial charge in [0.15, 0.2) is 5.78 Å². The molecule has 136 valence electrons. The van der Waals surface area contributed by atoms with Gasteiger partial charge in [-0.15, -0.1) is 0 Å². The van der Waals surface area contributed by atoms with Crippen LogP contribution < -0.4 is 0 Å². The van der Waals surface area contributed by atoms with E-state index in [2.05, 4.69) is 19.1 Å². The van der Waals surface area contributed by atoms with Gasteiger partial charge in [0.25, 0.3) is 0 Å². The van der Waals surface area contributed by atoms with Gasteiger partial charge in [0.2, 0.25) is 0 Å². The molecule has 0 amide bonds. The minimum absolute atomic E-state index is 0.0117. The van der Waals surface area contributed by atoms with E-state index in [4.69, 9.17) is 9.47 Å². The van der Waals surface area contributed by atoms with Gasteiger partial charge in [0, 0.05) is 0 Å². The summed E-state index contributed by atoms with van der Waals surface area (Å²) in [7, 11) is 0. The molecule has 4 nitrogen and oxygen atoms in total. The Bertz CT molecular complexity index is 838. The summed E-state index contributed by atoms with van der Waals surface area (Å²) < 4.78 is 11.9. The van der Waals surface area contributed by atoms with E-state index in [0.29, 0.717) is 11.3 Å². The van der Waals surface area contributed by atoms with Crippen LogP contribution in [0.2, 0.25) is 0 Å². The van der Waals surface area contributed by atoms with Crippen LogP contribution >= 0.6 is 0 Å². The van der Waals surface area contributed by atoms with Gasteiger partial charge in [0.1, 0.15) is 5.76 Å². The zero-order valence-electron chi connectivity index (χ0n) is 15.5. The number of allylic oxidation sites excluding steroid dienone is 1. The molecule has 1 aromatic rings. The molecule has 4 atom stereocenters. The van der Waals surface area contributed by atoms with Crippen LogP contribution in [0, 0.1) is 38.5 Å². The van der Waals surface area contributed by atoms with Crippen LogP contribution in [-0.4, -0.2) is 24.0 Å². The van der Waals surface area contributed by atoms with E-state index in [-0.39, 0.29) is 41.7 Å². The Morgan fingerprint density at radius 3 is 2.23 bits per heavy atom. The maximum atomic E-state index is 13.4. The summed E-state index contributed by atoms with van der Waals surface area (Å²) in [5.74, 6) is 0.286. The number of fused-ring (bicyclic) bond motifs is 5. The third-order valence-corrected chi connectivity index (χ3v) is 6.42. The molecule has 2 aliphatic heterocycles. The van der Waals surface area contributed by atoms with Crippen molar-refractivity contribution in [1.82, 2.24) is 0 Å². The Kier molecular flexibility index (Phi) is 3.45. The average Bonchev–Trinajstić information content (AvgIpc) is 3.14. The molecule has 0 spiro atoms. The quantitative estimate of drug-likeness (QED) is 0.779. The van der Waals surface area contributed by atoms with Gasteiger partial charge >= 0.3 is 5.97 Å². The first-order valence-corrected chi connectivity index (χ1v) is 9.69. The molecule has 5 rings (SSSR count). The third kappa shape index (κ3) is 2.24. The van der Waals surface area contributed by atoms with E-state index in [9.17, 15) is 9.59 Å². The highest BCUT2D eigenvalue weighted by Crippen LogP contribution is 2.55. The molecule has 2 bridgehead atoms. The summed E-state index contributed by atoms with van der Waals surface area (Å²) in [4.78, 5) is 25.9. The minimum Gasteiger partial charge on any atom is -0.430 e. The molecule has 1 aromatic carbocycles. The highest BCUT2D eigenvalue weighted by atomic mass is 16.5. The molecule has 0 unspecified atom stereocenters. The van der Waals surface area contributed by atoms with E-state index < -0.39 is 0 Å². The highest BCUT2D eigenvalue weighted by molar-refractivity contribution is 6.26. The molecule has 2 saturated heterocycles. The zero-order chi connectivity index (χ0) is 18.2. The van der Waals surface area contributed by atoms with Crippen molar-refractivity contribution < 1.29 is 19.1 Å². The molecular formula is C22H24O4. The molecule has 3 fully saturated rings. The number of benzene rings is 1. The Hall–Kier alpha value is -1.94. The summed E-state index contributed by atoms with van der Waals surface area (Å²) in [6.07, 6.45) is 3.67. The molecule has 0 aromatic heterocycles. The Balaban J connectivity index is 1.66. The van der Waals surface area contributed by atoms with Crippen LogP contribution in [0.5, 0.6) is 0 Å². The largest absolute Gasteiger partial charge is 0.430 e. The number of carbonyl (C=O) groups excluding carboxylic acids is 2. The van der Waals surface area contributed by atoms with E-state index in [1.807, 2.05) is 13.8 Å². The van der Waals surface area contributed by atoms with Crippen LogP contribution in [0.1, 0.15) is 47.9 Å². The van der Waals surface area contributed by atoms with Crippen molar-refractivity contribution in [2.45, 2.75) is 58.7 Å². The number of ketones is 1. The Morgan fingerprint density at radius 1 is 1.00 bits per heavy atom. The number of Topliss-reactive ketones (excluding diaryl/α,β-unsaturated/α-hetero) is 1. The molecule has 26 heavy (non-hydrogen) atoms. The number of carbonyl (C=O) groups is 2. The molecule has 0 radical (unpaired) electrons. The van der Waals surface area contributed by atoms with Crippen LogP contribution in [0.15, 0.2) is 17.9 Å². The fraction of sp³-hybridized carbons (Fsp3) is 0.545. The lowest BCUT2D eigenvalue weighted by atomic mass is 9.80. The number of esters is 1. The van der Waals surface area contributed by atoms with Crippen LogP contribution in [0.3, 0.4) is 0 Å². The topological polar surface area (TPSA) is 52.6 Å². The Labute approximate surface area is 153 Å². The van der Waals surface area contributed by atoms with Crippen molar-refractivity contribution in [3.63, 3.8) is 0 Å². The first-order valence-electron chi connectivity index (χ1n) is 9.69. The first-order chi connectivity index (χ1) is 12.5. The fourth-order valence-electron chi connectivity index (χ4n) is 5.25.